The van der Waals surface area contributed by atoms with Crippen molar-refractivity contribution in [2.75, 3.05) is 13.2 Å². The number of ether oxygens (including phenoxy) is 2. The van der Waals surface area contributed by atoms with Crippen LogP contribution >= 0.6 is 0 Å². The van der Waals surface area contributed by atoms with Gasteiger partial charge in [0.1, 0.15) is 12.5 Å². The third-order valence-corrected chi connectivity index (χ3v) is 3.24. The third kappa shape index (κ3) is 4.99. The predicted octanol–water partition coefficient (Wildman–Crippen LogP) is 2.59. The van der Waals surface area contributed by atoms with E-state index in [1.807, 2.05) is 40.1 Å². The molecule has 2 atom stereocenters. The molecular formula is C18H22N4O2. The molecule has 2 unspecified atom stereocenters. The van der Waals surface area contributed by atoms with Gasteiger partial charge in [-0.3, -0.25) is 0 Å². The maximum Gasteiger partial charge on any atom is 0.147 e. The van der Waals surface area contributed by atoms with Crippen LogP contribution in [-0.4, -0.2) is 32.8 Å². The first-order chi connectivity index (χ1) is 11.6. The Morgan fingerprint density at radius 3 is 1.67 bits per heavy atom. The van der Waals surface area contributed by atoms with E-state index in [2.05, 4.69) is 33.9 Å². The van der Waals surface area contributed by atoms with Crippen molar-refractivity contribution >= 4 is 0 Å². The minimum atomic E-state index is -0.102. The Bertz CT molecular complexity index is 704. The average Bonchev–Trinajstić information content (AvgIpc) is 3.22. The Kier molecular flexibility index (Phi) is 6.62. The van der Waals surface area contributed by atoms with E-state index in [0.717, 1.165) is 11.1 Å². The van der Waals surface area contributed by atoms with E-state index >= 15 is 0 Å². The van der Waals surface area contributed by atoms with Crippen LogP contribution in [0.4, 0.5) is 0 Å². The summed E-state index contributed by atoms with van der Waals surface area (Å²) in [4.78, 5) is 0. The molecule has 0 fully saturated rings. The Balaban J connectivity index is 1.98. The van der Waals surface area contributed by atoms with Gasteiger partial charge in [-0.2, -0.15) is 10.2 Å². The number of hydrogen-bond acceptors (Lipinski definition) is 4. The van der Waals surface area contributed by atoms with Crippen molar-refractivity contribution in [3.8, 4) is 23.7 Å². The summed E-state index contributed by atoms with van der Waals surface area (Å²) >= 11 is 0. The lowest BCUT2D eigenvalue weighted by atomic mass is 10.3. The zero-order valence-electron chi connectivity index (χ0n) is 14.5. The maximum absolute atomic E-state index is 5.47. The van der Waals surface area contributed by atoms with Gasteiger partial charge in [0.05, 0.1) is 23.5 Å². The molecule has 0 aliphatic carbocycles. The Labute approximate surface area is 142 Å². The summed E-state index contributed by atoms with van der Waals surface area (Å²) < 4.78 is 14.4. The summed E-state index contributed by atoms with van der Waals surface area (Å²) in [5, 5.41) is 8.45. The molecule has 126 valence electrons. The molecule has 2 aromatic heterocycles. The Morgan fingerprint density at radius 1 is 0.875 bits per heavy atom. The molecule has 0 aliphatic heterocycles. The van der Waals surface area contributed by atoms with Gasteiger partial charge in [0, 0.05) is 25.6 Å². The molecule has 6 nitrogen and oxygen atoms in total. The summed E-state index contributed by atoms with van der Waals surface area (Å²) in [6.45, 7) is 9.07. The van der Waals surface area contributed by atoms with Crippen LogP contribution in [0.15, 0.2) is 24.8 Å². The van der Waals surface area contributed by atoms with E-state index in [1.165, 1.54) is 0 Å². The van der Waals surface area contributed by atoms with Crippen molar-refractivity contribution in [2.45, 2.75) is 40.2 Å². The van der Waals surface area contributed by atoms with E-state index in [-0.39, 0.29) is 12.5 Å². The SMILES string of the molecule is CCOC(C)n1cc(C#CC#Cc2cnn(C(C)OCC)c2)cn1. The molecule has 2 aromatic rings. The van der Waals surface area contributed by atoms with E-state index in [0.29, 0.717) is 13.2 Å². The van der Waals surface area contributed by atoms with E-state index in [1.54, 1.807) is 21.8 Å². The minimum absolute atomic E-state index is 0.102. The molecule has 0 bridgehead atoms. The Hall–Kier alpha value is -2.54. The summed E-state index contributed by atoms with van der Waals surface area (Å²) in [5.41, 5.74) is 1.60. The normalized spacial score (nSPS) is 12.7. The molecular weight excluding hydrogens is 304 g/mol. The molecule has 0 aromatic carbocycles. The molecule has 0 saturated carbocycles. The number of aromatic nitrogens is 4. The van der Waals surface area contributed by atoms with Gasteiger partial charge in [-0.1, -0.05) is 0 Å². The fourth-order valence-corrected chi connectivity index (χ4v) is 2.04. The van der Waals surface area contributed by atoms with E-state index in [9.17, 15) is 0 Å². The second-order valence-corrected chi connectivity index (χ2v) is 5.03. The van der Waals surface area contributed by atoms with Crippen LogP contribution in [0.3, 0.4) is 0 Å². The van der Waals surface area contributed by atoms with Crippen molar-refractivity contribution in [3.05, 3.63) is 35.9 Å². The molecule has 0 amide bonds. The zero-order valence-corrected chi connectivity index (χ0v) is 14.5. The molecule has 6 heteroatoms. The van der Waals surface area contributed by atoms with Crippen molar-refractivity contribution < 1.29 is 9.47 Å². The topological polar surface area (TPSA) is 54.1 Å². The van der Waals surface area contributed by atoms with Gasteiger partial charge in [0.25, 0.3) is 0 Å². The number of nitrogens with zero attached hydrogens (tertiary/aromatic N) is 4. The standard InChI is InChI=1S/C18H22N4O2/c1-5-23-15(3)21-13-17(11-19-21)9-7-8-10-18-12-20-22(14-18)16(4)24-6-2/h11-16H,5-6H2,1-4H3. The molecule has 2 heterocycles. The lowest BCUT2D eigenvalue weighted by molar-refractivity contribution is 0.0158. The third-order valence-electron chi connectivity index (χ3n) is 3.24. The fourth-order valence-electron chi connectivity index (χ4n) is 2.04. The quantitative estimate of drug-likeness (QED) is 0.766. The highest BCUT2D eigenvalue weighted by atomic mass is 16.5. The van der Waals surface area contributed by atoms with Crippen molar-refractivity contribution in [1.82, 2.24) is 19.6 Å². The smallest absolute Gasteiger partial charge is 0.147 e. The van der Waals surface area contributed by atoms with Gasteiger partial charge in [-0.15, -0.1) is 0 Å². The first-order valence-corrected chi connectivity index (χ1v) is 7.97. The molecule has 2 rings (SSSR count). The van der Waals surface area contributed by atoms with Crippen LogP contribution < -0.4 is 0 Å². The van der Waals surface area contributed by atoms with Crippen molar-refractivity contribution in [1.29, 1.82) is 0 Å². The van der Waals surface area contributed by atoms with Gasteiger partial charge < -0.3 is 9.47 Å². The summed E-state index contributed by atoms with van der Waals surface area (Å²) in [7, 11) is 0. The fraction of sp³-hybridized carbons (Fsp3) is 0.444. The molecule has 0 aliphatic rings. The van der Waals surface area contributed by atoms with Gasteiger partial charge in [0.15, 0.2) is 0 Å². The van der Waals surface area contributed by atoms with Crippen LogP contribution in [0.5, 0.6) is 0 Å². The van der Waals surface area contributed by atoms with E-state index < -0.39 is 0 Å². The summed E-state index contributed by atoms with van der Waals surface area (Å²) in [5.74, 6) is 11.6. The largest absolute Gasteiger partial charge is 0.357 e. The van der Waals surface area contributed by atoms with Crippen LogP contribution in [0, 0.1) is 23.7 Å². The first-order valence-electron chi connectivity index (χ1n) is 7.97. The highest BCUT2D eigenvalue weighted by Gasteiger charge is 2.05. The van der Waals surface area contributed by atoms with Gasteiger partial charge >= 0.3 is 0 Å². The van der Waals surface area contributed by atoms with Gasteiger partial charge in [-0.25, -0.2) is 9.36 Å². The van der Waals surface area contributed by atoms with Gasteiger partial charge in [0.2, 0.25) is 0 Å². The highest BCUT2D eigenvalue weighted by molar-refractivity contribution is 5.42. The van der Waals surface area contributed by atoms with E-state index in [4.69, 9.17) is 9.47 Å². The predicted molar refractivity (Wildman–Crippen MR) is 90.9 cm³/mol. The van der Waals surface area contributed by atoms with Crippen LogP contribution in [0.25, 0.3) is 0 Å². The summed E-state index contributed by atoms with van der Waals surface area (Å²) in [6.07, 6.45) is 6.88. The first kappa shape index (κ1) is 17.8. The maximum atomic E-state index is 5.47. The molecule has 0 radical (unpaired) electrons. The zero-order chi connectivity index (χ0) is 17.4. The Morgan fingerprint density at radius 2 is 1.29 bits per heavy atom. The van der Waals surface area contributed by atoms with Crippen molar-refractivity contribution in [2.24, 2.45) is 0 Å². The van der Waals surface area contributed by atoms with Crippen molar-refractivity contribution in [3.63, 3.8) is 0 Å². The second kappa shape index (κ2) is 8.93. The minimum Gasteiger partial charge on any atom is -0.357 e. The molecule has 24 heavy (non-hydrogen) atoms. The lowest BCUT2D eigenvalue weighted by Crippen LogP contribution is -2.09. The molecule has 0 spiro atoms. The number of rotatable bonds is 6. The number of hydrogen-bond donors (Lipinski definition) is 0. The lowest BCUT2D eigenvalue weighted by Gasteiger charge is -2.10. The van der Waals surface area contributed by atoms with Gasteiger partial charge in [-0.05, 0) is 51.4 Å². The monoisotopic (exact) mass is 326 g/mol. The van der Waals surface area contributed by atoms with Crippen LogP contribution in [0.2, 0.25) is 0 Å². The highest BCUT2D eigenvalue weighted by Crippen LogP contribution is 2.08. The van der Waals surface area contributed by atoms with Crippen LogP contribution in [-0.2, 0) is 9.47 Å². The molecule has 0 saturated heterocycles. The summed E-state index contributed by atoms with van der Waals surface area (Å²) in [6, 6.07) is 0. The second-order valence-electron chi connectivity index (χ2n) is 5.03. The average molecular weight is 326 g/mol. The molecule has 0 N–H and O–H groups in total. The van der Waals surface area contributed by atoms with Crippen LogP contribution in [0.1, 0.15) is 51.3 Å².